The van der Waals surface area contributed by atoms with Crippen molar-refractivity contribution < 1.29 is 29.2 Å². The zero-order valence-electron chi connectivity index (χ0n) is 9.23. The van der Waals surface area contributed by atoms with E-state index in [0.717, 1.165) is 5.57 Å². The minimum Gasteiger partial charge on any atom is -0.481 e. The molecule has 0 aromatic carbocycles. The first-order valence-electron chi connectivity index (χ1n) is 4.78. The molecule has 0 spiro atoms. The van der Waals surface area contributed by atoms with Crippen LogP contribution in [0.5, 0.6) is 0 Å². The van der Waals surface area contributed by atoms with Gasteiger partial charge in [0.05, 0.1) is 12.8 Å². The van der Waals surface area contributed by atoms with Crippen LogP contribution in [0.4, 0.5) is 0 Å². The smallest absolute Gasteiger partial charge is 0.306 e. The van der Waals surface area contributed by atoms with Gasteiger partial charge in [0.25, 0.3) is 0 Å². The Morgan fingerprint density at radius 2 is 1.88 bits per heavy atom. The lowest BCUT2D eigenvalue weighted by Crippen LogP contribution is -2.12. The molecule has 1 N–H and O–H groups in total. The van der Waals surface area contributed by atoms with Crippen molar-refractivity contribution in [3.63, 3.8) is 0 Å². The van der Waals surface area contributed by atoms with Gasteiger partial charge in [0.1, 0.15) is 19.8 Å². The number of carboxylic acid groups (broad SMARTS) is 1. The normalized spacial score (nSPS) is 9.81. The molecule has 0 rings (SSSR count). The molecule has 0 fully saturated rings. The quantitative estimate of drug-likeness (QED) is 0.209. The Bertz CT molecular complexity index is 248. The molecule has 0 amide bonds. The molecule has 0 aromatic rings. The van der Waals surface area contributed by atoms with Gasteiger partial charge < -0.3 is 9.84 Å². The van der Waals surface area contributed by atoms with Crippen molar-refractivity contribution in [1.82, 2.24) is 0 Å². The summed E-state index contributed by atoms with van der Waals surface area (Å²) in [5.74, 6) is -1.59. The number of rotatable bonds is 9. The SMILES string of the molecule is C=C(C)COOCCOC(=O)CCC(=O)O. The van der Waals surface area contributed by atoms with Crippen LogP contribution in [0.3, 0.4) is 0 Å². The molecule has 0 saturated heterocycles. The summed E-state index contributed by atoms with van der Waals surface area (Å²) >= 11 is 0. The number of carbonyl (C=O) groups is 2. The number of hydrogen-bond acceptors (Lipinski definition) is 5. The van der Waals surface area contributed by atoms with Gasteiger partial charge in [-0.3, -0.25) is 9.59 Å². The monoisotopic (exact) mass is 232 g/mol. The summed E-state index contributed by atoms with van der Waals surface area (Å²) in [6.07, 6.45) is -0.367. The molecule has 16 heavy (non-hydrogen) atoms. The van der Waals surface area contributed by atoms with E-state index in [-0.39, 0.29) is 32.7 Å². The van der Waals surface area contributed by atoms with E-state index in [0.29, 0.717) is 0 Å². The largest absolute Gasteiger partial charge is 0.481 e. The summed E-state index contributed by atoms with van der Waals surface area (Å²) < 4.78 is 4.67. The van der Waals surface area contributed by atoms with Crippen LogP contribution in [-0.2, 0) is 24.1 Å². The van der Waals surface area contributed by atoms with Gasteiger partial charge in [-0.1, -0.05) is 12.2 Å². The highest BCUT2D eigenvalue weighted by Crippen LogP contribution is 1.93. The number of aliphatic carboxylic acids is 1. The van der Waals surface area contributed by atoms with Crippen LogP contribution in [0.25, 0.3) is 0 Å². The van der Waals surface area contributed by atoms with Crippen LogP contribution in [0, 0.1) is 0 Å². The molecule has 0 aliphatic heterocycles. The molecule has 0 bridgehead atoms. The molecule has 92 valence electrons. The molecule has 6 heteroatoms. The van der Waals surface area contributed by atoms with Crippen molar-refractivity contribution in [2.24, 2.45) is 0 Å². The first-order valence-corrected chi connectivity index (χ1v) is 4.78. The molecular formula is C10H16O6. The van der Waals surface area contributed by atoms with Crippen molar-refractivity contribution in [3.05, 3.63) is 12.2 Å². The van der Waals surface area contributed by atoms with E-state index >= 15 is 0 Å². The van der Waals surface area contributed by atoms with Gasteiger partial charge in [-0.25, -0.2) is 9.78 Å². The number of carbonyl (C=O) groups excluding carboxylic acids is 1. The summed E-state index contributed by atoms with van der Waals surface area (Å²) in [7, 11) is 0. The fraction of sp³-hybridized carbons (Fsp3) is 0.600. The van der Waals surface area contributed by atoms with E-state index in [1.165, 1.54) is 0 Å². The third-order valence-electron chi connectivity index (χ3n) is 1.36. The molecule has 0 saturated carbocycles. The number of carboxylic acids is 1. The van der Waals surface area contributed by atoms with Gasteiger partial charge in [0, 0.05) is 0 Å². The fourth-order valence-electron chi connectivity index (χ4n) is 0.672. The first kappa shape index (κ1) is 14.6. The summed E-state index contributed by atoms with van der Waals surface area (Å²) in [6, 6.07) is 0. The van der Waals surface area contributed by atoms with Gasteiger partial charge in [-0.15, -0.1) is 0 Å². The molecule has 0 aliphatic rings. The average molecular weight is 232 g/mol. The van der Waals surface area contributed by atoms with Crippen LogP contribution in [0.1, 0.15) is 19.8 Å². The Morgan fingerprint density at radius 1 is 1.19 bits per heavy atom. The summed E-state index contributed by atoms with van der Waals surface area (Å²) in [5, 5.41) is 8.30. The molecule has 6 nitrogen and oxygen atoms in total. The minimum absolute atomic E-state index is 0.0364. The lowest BCUT2D eigenvalue weighted by molar-refractivity contribution is -0.291. The lowest BCUT2D eigenvalue weighted by atomic mass is 10.3. The van der Waals surface area contributed by atoms with Gasteiger partial charge in [0.15, 0.2) is 0 Å². The third kappa shape index (κ3) is 10.7. The third-order valence-corrected chi connectivity index (χ3v) is 1.36. The van der Waals surface area contributed by atoms with Gasteiger partial charge >= 0.3 is 11.9 Å². The molecule has 0 aromatic heterocycles. The maximum Gasteiger partial charge on any atom is 0.306 e. The minimum atomic E-state index is -1.03. The average Bonchev–Trinajstić information content (AvgIpc) is 2.19. The molecule has 0 unspecified atom stereocenters. The Labute approximate surface area is 93.7 Å². The highest BCUT2D eigenvalue weighted by Gasteiger charge is 2.05. The van der Waals surface area contributed by atoms with Crippen LogP contribution < -0.4 is 0 Å². The predicted molar refractivity (Wildman–Crippen MR) is 54.5 cm³/mol. The van der Waals surface area contributed by atoms with Crippen molar-refractivity contribution in [2.45, 2.75) is 19.8 Å². The van der Waals surface area contributed by atoms with Crippen molar-refractivity contribution in [3.8, 4) is 0 Å². The molecular weight excluding hydrogens is 216 g/mol. The lowest BCUT2D eigenvalue weighted by Gasteiger charge is -2.04. The standard InChI is InChI=1S/C10H16O6/c1-8(2)7-16-15-6-5-14-10(13)4-3-9(11)12/h1,3-7H2,2H3,(H,11,12). The molecule has 0 radical (unpaired) electrons. The predicted octanol–water partition coefficient (Wildman–Crippen LogP) is 0.919. The van der Waals surface area contributed by atoms with E-state index < -0.39 is 11.9 Å². The van der Waals surface area contributed by atoms with Gasteiger partial charge in [-0.05, 0) is 6.92 Å². The highest BCUT2D eigenvalue weighted by atomic mass is 17.2. The van der Waals surface area contributed by atoms with Crippen molar-refractivity contribution >= 4 is 11.9 Å². The second-order valence-corrected chi connectivity index (χ2v) is 3.16. The van der Waals surface area contributed by atoms with E-state index in [9.17, 15) is 9.59 Å². The Hall–Kier alpha value is -1.40. The second-order valence-electron chi connectivity index (χ2n) is 3.16. The van der Waals surface area contributed by atoms with E-state index in [4.69, 9.17) is 9.99 Å². The second kappa shape index (κ2) is 8.87. The number of esters is 1. The summed E-state index contributed by atoms with van der Waals surface area (Å²) in [5.41, 5.74) is 0.818. The molecule has 0 heterocycles. The van der Waals surface area contributed by atoms with E-state index in [2.05, 4.69) is 16.2 Å². The van der Waals surface area contributed by atoms with Crippen LogP contribution in [0.15, 0.2) is 12.2 Å². The summed E-state index contributed by atoms with van der Waals surface area (Å²) in [6.45, 7) is 5.81. The van der Waals surface area contributed by atoms with Crippen LogP contribution in [0.2, 0.25) is 0 Å². The highest BCUT2D eigenvalue weighted by molar-refractivity contribution is 5.76. The Balaban J connectivity index is 3.27. The number of hydrogen-bond donors (Lipinski definition) is 1. The first-order chi connectivity index (χ1) is 7.52. The van der Waals surface area contributed by atoms with E-state index in [1.54, 1.807) is 6.92 Å². The Kier molecular flexibility index (Phi) is 8.10. The maximum atomic E-state index is 10.9. The van der Waals surface area contributed by atoms with Crippen LogP contribution in [-0.4, -0.2) is 36.9 Å². The molecule has 0 atom stereocenters. The zero-order valence-corrected chi connectivity index (χ0v) is 9.23. The van der Waals surface area contributed by atoms with Crippen molar-refractivity contribution in [2.75, 3.05) is 19.8 Å². The van der Waals surface area contributed by atoms with Crippen LogP contribution >= 0.6 is 0 Å². The Morgan fingerprint density at radius 3 is 2.44 bits per heavy atom. The topological polar surface area (TPSA) is 82.1 Å². The fourth-order valence-corrected chi connectivity index (χ4v) is 0.672. The summed E-state index contributed by atoms with van der Waals surface area (Å²) in [4.78, 5) is 30.4. The molecule has 0 aliphatic carbocycles. The number of ether oxygens (including phenoxy) is 1. The van der Waals surface area contributed by atoms with Gasteiger partial charge in [-0.2, -0.15) is 0 Å². The van der Waals surface area contributed by atoms with Crippen molar-refractivity contribution in [1.29, 1.82) is 0 Å². The maximum absolute atomic E-state index is 10.9. The van der Waals surface area contributed by atoms with Gasteiger partial charge in [0.2, 0.25) is 0 Å². The zero-order chi connectivity index (χ0) is 12.4. The van der Waals surface area contributed by atoms with E-state index in [1.807, 2.05) is 0 Å².